The number of ether oxygens (including phenoxy) is 3. The van der Waals surface area contributed by atoms with Crippen molar-refractivity contribution in [1.82, 2.24) is 14.9 Å². The number of methoxy groups -OCH3 is 1. The van der Waals surface area contributed by atoms with Crippen LogP contribution in [0.3, 0.4) is 0 Å². The third kappa shape index (κ3) is 4.51. The summed E-state index contributed by atoms with van der Waals surface area (Å²) < 4.78 is 18.7. The molecule has 1 amide bonds. The number of nitrogens with zero attached hydrogens (tertiary/aromatic N) is 2. The maximum atomic E-state index is 12.5. The predicted molar refractivity (Wildman–Crippen MR) is 109 cm³/mol. The molecule has 29 heavy (non-hydrogen) atoms. The van der Waals surface area contributed by atoms with Crippen LogP contribution in [0.15, 0.2) is 42.5 Å². The number of aromatic nitrogens is 2. The maximum Gasteiger partial charge on any atom is 0.224 e. The van der Waals surface area contributed by atoms with Crippen LogP contribution in [-0.4, -0.2) is 42.4 Å². The summed E-state index contributed by atoms with van der Waals surface area (Å²) in [5.41, 5.74) is 2.84. The Kier molecular flexibility index (Phi) is 5.95. The molecule has 0 unspecified atom stereocenters. The number of hydrogen-bond acceptors (Lipinski definition) is 5. The number of nitrogens with one attached hydrogen (secondary N) is 1. The Bertz CT molecular complexity index is 999. The number of carbonyl (C=O) groups excluding carboxylic acids is 1. The lowest BCUT2D eigenvalue weighted by Crippen LogP contribution is -2.26. The van der Waals surface area contributed by atoms with Gasteiger partial charge in [-0.25, -0.2) is 4.98 Å². The van der Waals surface area contributed by atoms with Gasteiger partial charge in [0.2, 0.25) is 5.91 Å². The van der Waals surface area contributed by atoms with Gasteiger partial charge < -0.3 is 24.1 Å². The highest BCUT2D eigenvalue weighted by molar-refractivity contribution is 5.79. The molecule has 152 valence electrons. The highest BCUT2D eigenvalue weighted by Gasteiger charge is 2.14. The zero-order valence-corrected chi connectivity index (χ0v) is 16.5. The van der Waals surface area contributed by atoms with E-state index in [0.717, 1.165) is 34.6 Å². The molecule has 1 aliphatic rings. The Labute approximate surface area is 169 Å². The van der Waals surface area contributed by atoms with Crippen LogP contribution >= 0.6 is 0 Å². The Morgan fingerprint density at radius 2 is 2.00 bits per heavy atom. The summed E-state index contributed by atoms with van der Waals surface area (Å²) in [6.07, 6.45) is 1.13. The molecule has 0 bridgehead atoms. The van der Waals surface area contributed by atoms with Crippen LogP contribution in [0.1, 0.15) is 17.8 Å². The summed E-state index contributed by atoms with van der Waals surface area (Å²) in [4.78, 5) is 17.2. The largest absolute Gasteiger partial charge is 0.490 e. The molecule has 2 aromatic carbocycles. The standard InChI is InChI=1S/C22H25N3O4/c1-27-12-9-25-18-6-3-2-5-17(18)24-21(25)15-23-22(26)14-16-7-8-19-20(13-16)29-11-4-10-28-19/h2-3,5-8,13H,4,9-12,14-15H2,1H3,(H,23,26). The van der Waals surface area contributed by atoms with E-state index in [4.69, 9.17) is 14.2 Å². The van der Waals surface area contributed by atoms with Gasteiger partial charge in [-0.05, 0) is 29.8 Å². The van der Waals surface area contributed by atoms with Crippen molar-refractivity contribution < 1.29 is 19.0 Å². The number of benzene rings is 2. The lowest BCUT2D eigenvalue weighted by atomic mass is 10.1. The zero-order chi connectivity index (χ0) is 20.1. The van der Waals surface area contributed by atoms with Crippen molar-refractivity contribution in [2.75, 3.05) is 26.9 Å². The van der Waals surface area contributed by atoms with Crippen LogP contribution < -0.4 is 14.8 Å². The van der Waals surface area contributed by atoms with Crippen LogP contribution in [0, 0.1) is 0 Å². The van der Waals surface area contributed by atoms with E-state index in [9.17, 15) is 4.79 Å². The normalized spacial score (nSPS) is 13.3. The number of amides is 1. The fraction of sp³-hybridized carbons (Fsp3) is 0.364. The fourth-order valence-electron chi connectivity index (χ4n) is 3.44. The van der Waals surface area contributed by atoms with Gasteiger partial charge in [0.25, 0.3) is 0 Å². The van der Waals surface area contributed by atoms with Gasteiger partial charge in [-0.1, -0.05) is 18.2 Å². The number of imidazole rings is 1. The predicted octanol–water partition coefficient (Wildman–Crippen LogP) is 2.70. The average molecular weight is 395 g/mol. The van der Waals surface area contributed by atoms with Crippen molar-refractivity contribution in [2.24, 2.45) is 0 Å². The smallest absolute Gasteiger partial charge is 0.224 e. The first kappa shape index (κ1) is 19.3. The van der Waals surface area contributed by atoms with Gasteiger partial charge in [-0.3, -0.25) is 4.79 Å². The lowest BCUT2D eigenvalue weighted by molar-refractivity contribution is -0.120. The number of hydrogen-bond donors (Lipinski definition) is 1. The summed E-state index contributed by atoms with van der Waals surface area (Å²) in [6, 6.07) is 13.6. The quantitative estimate of drug-likeness (QED) is 0.666. The van der Waals surface area contributed by atoms with Crippen LogP contribution in [0.25, 0.3) is 11.0 Å². The molecule has 3 aromatic rings. The van der Waals surface area contributed by atoms with Gasteiger partial charge in [0.05, 0.1) is 43.8 Å². The zero-order valence-electron chi connectivity index (χ0n) is 16.5. The second-order valence-electron chi connectivity index (χ2n) is 6.95. The Morgan fingerprint density at radius 3 is 2.86 bits per heavy atom. The monoisotopic (exact) mass is 395 g/mol. The van der Waals surface area contributed by atoms with E-state index in [1.807, 2.05) is 42.5 Å². The van der Waals surface area contributed by atoms with E-state index in [-0.39, 0.29) is 12.3 Å². The number of rotatable bonds is 7. The van der Waals surface area contributed by atoms with Crippen LogP contribution in [0.5, 0.6) is 11.5 Å². The SMILES string of the molecule is COCCn1c(CNC(=O)Cc2ccc3c(c2)OCCCO3)nc2ccccc21. The van der Waals surface area contributed by atoms with Crippen molar-refractivity contribution in [3.8, 4) is 11.5 Å². The van der Waals surface area contributed by atoms with E-state index in [0.29, 0.717) is 38.7 Å². The molecule has 0 aliphatic carbocycles. The van der Waals surface area contributed by atoms with E-state index in [1.54, 1.807) is 7.11 Å². The van der Waals surface area contributed by atoms with Crippen LogP contribution in [-0.2, 0) is 29.0 Å². The number of carbonyl (C=O) groups is 1. The lowest BCUT2D eigenvalue weighted by Gasteiger charge is -2.11. The molecule has 0 saturated heterocycles. The summed E-state index contributed by atoms with van der Waals surface area (Å²) >= 11 is 0. The number of fused-ring (bicyclic) bond motifs is 2. The molecule has 7 heteroatoms. The van der Waals surface area contributed by atoms with Crippen molar-refractivity contribution in [1.29, 1.82) is 0 Å². The first-order valence-electron chi connectivity index (χ1n) is 9.83. The summed E-state index contributed by atoms with van der Waals surface area (Å²) in [5.74, 6) is 2.19. The van der Waals surface area contributed by atoms with E-state index < -0.39 is 0 Å². The molecule has 1 aromatic heterocycles. The topological polar surface area (TPSA) is 74.6 Å². The second kappa shape index (κ2) is 8.96. The molecule has 2 heterocycles. The van der Waals surface area contributed by atoms with Gasteiger partial charge in [-0.15, -0.1) is 0 Å². The molecule has 0 fully saturated rings. The molecule has 0 atom stereocenters. The molecule has 1 aliphatic heterocycles. The fourth-order valence-corrected chi connectivity index (χ4v) is 3.44. The van der Waals surface area contributed by atoms with Gasteiger partial charge in [0.1, 0.15) is 5.82 Å². The number of para-hydroxylation sites is 2. The second-order valence-corrected chi connectivity index (χ2v) is 6.95. The van der Waals surface area contributed by atoms with E-state index in [2.05, 4.69) is 14.9 Å². The Morgan fingerprint density at radius 1 is 1.17 bits per heavy atom. The Hall–Kier alpha value is -3.06. The third-order valence-corrected chi connectivity index (χ3v) is 4.87. The molecule has 4 rings (SSSR count). The highest BCUT2D eigenvalue weighted by Crippen LogP contribution is 2.30. The van der Waals surface area contributed by atoms with Crippen LogP contribution in [0.4, 0.5) is 0 Å². The molecule has 0 radical (unpaired) electrons. The summed E-state index contributed by atoms with van der Waals surface area (Å²) in [7, 11) is 1.68. The van der Waals surface area contributed by atoms with Gasteiger partial charge in [0.15, 0.2) is 11.5 Å². The maximum absolute atomic E-state index is 12.5. The van der Waals surface area contributed by atoms with Crippen molar-refractivity contribution in [3.05, 3.63) is 53.9 Å². The molecule has 1 N–H and O–H groups in total. The molecular formula is C22H25N3O4. The van der Waals surface area contributed by atoms with Crippen molar-refractivity contribution in [2.45, 2.75) is 25.9 Å². The van der Waals surface area contributed by atoms with Crippen molar-refractivity contribution >= 4 is 16.9 Å². The Balaban J connectivity index is 1.43. The first-order valence-corrected chi connectivity index (χ1v) is 9.83. The first-order chi connectivity index (χ1) is 14.2. The van der Waals surface area contributed by atoms with E-state index in [1.165, 1.54) is 0 Å². The van der Waals surface area contributed by atoms with Gasteiger partial charge in [0, 0.05) is 20.1 Å². The minimum Gasteiger partial charge on any atom is -0.490 e. The molecule has 0 spiro atoms. The molecule has 0 saturated carbocycles. The van der Waals surface area contributed by atoms with Crippen LogP contribution in [0.2, 0.25) is 0 Å². The average Bonchev–Trinajstić information content (AvgIpc) is 2.91. The molecule has 7 nitrogen and oxygen atoms in total. The third-order valence-electron chi connectivity index (χ3n) is 4.87. The minimum atomic E-state index is -0.0650. The minimum absolute atomic E-state index is 0.0650. The van der Waals surface area contributed by atoms with Crippen molar-refractivity contribution in [3.63, 3.8) is 0 Å². The molecular weight excluding hydrogens is 370 g/mol. The summed E-state index contributed by atoms with van der Waals surface area (Å²) in [5, 5.41) is 2.98. The van der Waals surface area contributed by atoms with Gasteiger partial charge >= 0.3 is 0 Å². The van der Waals surface area contributed by atoms with Gasteiger partial charge in [-0.2, -0.15) is 0 Å². The van der Waals surface area contributed by atoms with E-state index >= 15 is 0 Å². The summed E-state index contributed by atoms with van der Waals surface area (Å²) in [6.45, 7) is 2.90. The highest BCUT2D eigenvalue weighted by atomic mass is 16.5.